The molecule has 0 amide bonds. The Balaban J connectivity index is 2.86. The fourth-order valence-electron chi connectivity index (χ4n) is 0.732. The zero-order valence-corrected chi connectivity index (χ0v) is 6.50. The van der Waals surface area contributed by atoms with Gasteiger partial charge in [0, 0.05) is 10.7 Å². The molecular weight excluding hydrogens is 196 g/mol. The van der Waals surface area contributed by atoms with Crippen LogP contribution in [0.4, 0.5) is 0 Å². The summed E-state index contributed by atoms with van der Waals surface area (Å²) in [5, 5.41) is 0. The summed E-state index contributed by atoms with van der Waals surface area (Å²) in [6.07, 6.45) is 3.05. The summed E-state index contributed by atoms with van der Waals surface area (Å²) in [7, 11) is 0. The molecule has 0 aromatic carbocycles. The summed E-state index contributed by atoms with van der Waals surface area (Å²) in [6.45, 7) is 0. The third-order valence-corrected chi connectivity index (χ3v) is 1.59. The first-order chi connectivity index (χ1) is 4.86. The highest BCUT2D eigenvalue weighted by molar-refractivity contribution is 9.10. The van der Waals surface area contributed by atoms with Crippen LogP contribution in [0.25, 0.3) is 11.2 Å². The topological polar surface area (TPSA) is 38.9 Å². The molecule has 0 aliphatic carbocycles. The molecule has 0 saturated carbocycles. The summed E-state index contributed by atoms with van der Waals surface area (Å²) < 4.78 is 5.84. The van der Waals surface area contributed by atoms with Crippen LogP contribution in [0.3, 0.4) is 0 Å². The van der Waals surface area contributed by atoms with Gasteiger partial charge in [0.25, 0.3) is 0 Å². The minimum absolute atomic E-state index is 0.572. The van der Waals surface area contributed by atoms with Crippen LogP contribution in [-0.4, -0.2) is 9.97 Å². The summed E-state index contributed by atoms with van der Waals surface area (Å²) in [6, 6.07) is 1.85. The molecule has 0 fully saturated rings. The number of nitrogens with zero attached hydrogens (tertiary/aromatic N) is 2. The van der Waals surface area contributed by atoms with Gasteiger partial charge in [-0.1, -0.05) is 0 Å². The quantitative estimate of drug-likeness (QED) is 0.651. The Morgan fingerprint density at radius 3 is 3.20 bits per heavy atom. The molecule has 2 aromatic heterocycles. The number of pyridine rings is 1. The van der Waals surface area contributed by atoms with Crippen molar-refractivity contribution in [1.29, 1.82) is 0 Å². The van der Waals surface area contributed by atoms with E-state index in [2.05, 4.69) is 25.9 Å². The Bertz CT molecular complexity index is 357. The normalized spacial score (nSPS) is 10.5. The lowest BCUT2D eigenvalue weighted by Crippen LogP contribution is -1.72. The molecule has 2 heterocycles. The van der Waals surface area contributed by atoms with E-state index in [0.717, 1.165) is 9.99 Å². The predicted octanol–water partition coefficient (Wildman–Crippen LogP) is 1.99. The van der Waals surface area contributed by atoms with Crippen molar-refractivity contribution in [1.82, 2.24) is 9.97 Å². The van der Waals surface area contributed by atoms with Crippen LogP contribution in [0, 0.1) is 0 Å². The number of fused-ring (bicyclic) bond motifs is 1. The maximum absolute atomic E-state index is 4.93. The van der Waals surface area contributed by atoms with Crippen molar-refractivity contribution < 1.29 is 4.42 Å². The first kappa shape index (κ1) is 5.85. The van der Waals surface area contributed by atoms with Crippen LogP contribution in [-0.2, 0) is 0 Å². The van der Waals surface area contributed by atoms with Crippen molar-refractivity contribution in [2.45, 2.75) is 0 Å². The van der Waals surface area contributed by atoms with Crippen molar-refractivity contribution in [3.63, 3.8) is 0 Å². The lowest BCUT2D eigenvalue weighted by molar-refractivity contribution is 0.590. The Labute approximate surface area is 65.2 Å². The number of halogens is 1. The van der Waals surface area contributed by atoms with Crippen LogP contribution in [0.2, 0.25) is 0 Å². The van der Waals surface area contributed by atoms with Gasteiger partial charge in [-0.2, -0.15) is 0 Å². The highest BCUT2D eigenvalue weighted by Gasteiger charge is 1.97. The first-order valence-electron chi connectivity index (χ1n) is 2.71. The van der Waals surface area contributed by atoms with Crippen LogP contribution in [0.15, 0.2) is 27.5 Å². The van der Waals surface area contributed by atoms with E-state index in [1.54, 1.807) is 6.20 Å². The largest absolute Gasteiger partial charge is 0.425 e. The van der Waals surface area contributed by atoms with Gasteiger partial charge in [-0.25, -0.2) is 9.97 Å². The SMILES string of the molecule is Brc1cnc2ocnc2c1. The number of hydrogen-bond acceptors (Lipinski definition) is 3. The Morgan fingerprint density at radius 2 is 2.30 bits per heavy atom. The van der Waals surface area contributed by atoms with Gasteiger partial charge < -0.3 is 4.42 Å². The molecule has 0 bridgehead atoms. The fraction of sp³-hybridized carbons (Fsp3) is 0. The molecule has 0 radical (unpaired) electrons. The molecule has 0 spiro atoms. The molecule has 0 aliphatic rings. The van der Waals surface area contributed by atoms with E-state index >= 15 is 0 Å². The molecule has 10 heavy (non-hydrogen) atoms. The lowest BCUT2D eigenvalue weighted by Gasteiger charge is -1.85. The molecule has 3 nitrogen and oxygen atoms in total. The van der Waals surface area contributed by atoms with Gasteiger partial charge in [0.05, 0.1) is 0 Å². The van der Waals surface area contributed by atoms with Gasteiger partial charge in [-0.05, 0) is 22.0 Å². The highest BCUT2D eigenvalue weighted by atomic mass is 79.9. The van der Waals surface area contributed by atoms with Crippen molar-refractivity contribution in [2.24, 2.45) is 0 Å². The van der Waals surface area contributed by atoms with Gasteiger partial charge >= 0.3 is 0 Å². The number of aromatic nitrogens is 2. The lowest BCUT2D eigenvalue weighted by atomic mass is 10.4. The van der Waals surface area contributed by atoms with Gasteiger partial charge in [0.2, 0.25) is 5.71 Å². The summed E-state index contributed by atoms with van der Waals surface area (Å²) in [4.78, 5) is 7.89. The minimum atomic E-state index is 0.572. The zero-order valence-electron chi connectivity index (χ0n) is 4.91. The maximum atomic E-state index is 4.93. The van der Waals surface area contributed by atoms with Gasteiger partial charge in [-0.15, -0.1) is 0 Å². The second-order valence-electron chi connectivity index (χ2n) is 1.83. The van der Waals surface area contributed by atoms with E-state index in [4.69, 9.17) is 4.42 Å². The van der Waals surface area contributed by atoms with Crippen molar-refractivity contribution in [2.75, 3.05) is 0 Å². The molecule has 0 N–H and O–H groups in total. The second-order valence-corrected chi connectivity index (χ2v) is 2.75. The minimum Gasteiger partial charge on any atom is -0.425 e. The van der Waals surface area contributed by atoms with Crippen molar-refractivity contribution >= 4 is 27.2 Å². The third-order valence-electron chi connectivity index (χ3n) is 1.15. The van der Waals surface area contributed by atoms with E-state index in [0.29, 0.717) is 5.71 Å². The number of oxazole rings is 1. The van der Waals surface area contributed by atoms with Crippen LogP contribution >= 0.6 is 15.9 Å². The average Bonchev–Trinajstić information content (AvgIpc) is 2.33. The average molecular weight is 199 g/mol. The van der Waals surface area contributed by atoms with Crippen LogP contribution < -0.4 is 0 Å². The molecule has 0 aliphatic heterocycles. The predicted molar refractivity (Wildman–Crippen MR) is 39.5 cm³/mol. The highest BCUT2D eigenvalue weighted by Crippen LogP contribution is 2.14. The molecule has 50 valence electrons. The summed E-state index contributed by atoms with van der Waals surface area (Å²) >= 11 is 3.27. The van der Waals surface area contributed by atoms with Gasteiger partial charge in [0.15, 0.2) is 6.39 Å². The molecular formula is C6H3BrN2O. The molecule has 4 heteroatoms. The molecule has 2 aromatic rings. The number of hydrogen-bond donors (Lipinski definition) is 0. The third kappa shape index (κ3) is 0.806. The Hall–Kier alpha value is -0.900. The van der Waals surface area contributed by atoms with E-state index in [1.165, 1.54) is 6.39 Å². The number of rotatable bonds is 0. The Kier molecular flexibility index (Phi) is 1.20. The fourth-order valence-corrected chi connectivity index (χ4v) is 1.05. The van der Waals surface area contributed by atoms with Gasteiger partial charge in [-0.3, -0.25) is 0 Å². The van der Waals surface area contributed by atoms with Crippen LogP contribution in [0.5, 0.6) is 0 Å². The van der Waals surface area contributed by atoms with E-state index in [1.807, 2.05) is 6.07 Å². The molecule has 0 atom stereocenters. The summed E-state index contributed by atoms with van der Waals surface area (Å²) in [5.74, 6) is 0. The van der Waals surface area contributed by atoms with E-state index in [-0.39, 0.29) is 0 Å². The smallest absolute Gasteiger partial charge is 0.246 e. The van der Waals surface area contributed by atoms with Crippen LogP contribution in [0.1, 0.15) is 0 Å². The molecule has 2 rings (SSSR count). The molecule has 0 saturated heterocycles. The summed E-state index contributed by atoms with van der Waals surface area (Å²) in [5.41, 5.74) is 1.34. The second kappa shape index (κ2) is 2.05. The van der Waals surface area contributed by atoms with Gasteiger partial charge in [0.1, 0.15) is 5.52 Å². The van der Waals surface area contributed by atoms with Crippen molar-refractivity contribution in [3.8, 4) is 0 Å². The monoisotopic (exact) mass is 198 g/mol. The van der Waals surface area contributed by atoms with E-state index in [9.17, 15) is 0 Å². The molecule has 0 unspecified atom stereocenters. The van der Waals surface area contributed by atoms with E-state index < -0.39 is 0 Å². The standard InChI is InChI=1S/C6H3BrN2O/c7-4-1-5-6(8-2-4)10-3-9-5/h1-3H. The maximum Gasteiger partial charge on any atom is 0.246 e. The first-order valence-corrected chi connectivity index (χ1v) is 3.50. The zero-order chi connectivity index (χ0) is 6.97. The van der Waals surface area contributed by atoms with Crippen molar-refractivity contribution in [3.05, 3.63) is 23.1 Å². The Morgan fingerprint density at radius 1 is 1.40 bits per heavy atom.